The Bertz CT molecular complexity index is 499. The zero-order valence-corrected chi connectivity index (χ0v) is 9.81. The average molecular weight is 249 g/mol. The molecule has 0 unspecified atom stereocenters. The van der Waals surface area contributed by atoms with Crippen molar-refractivity contribution >= 4 is 22.7 Å². The van der Waals surface area contributed by atoms with Gasteiger partial charge < -0.3 is 5.32 Å². The van der Waals surface area contributed by atoms with E-state index >= 15 is 0 Å². The van der Waals surface area contributed by atoms with Crippen LogP contribution in [0.25, 0.3) is 0 Å². The molecule has 1 N–H and O–H groups in total. The lowest BCUT2D eigenvalue weighted by molar-refractivity contribution is -0.384. The Kier molecular flexibility index (Phi) is 3.66. The third kappa shape index (κ3) is 3.25. The Morgan fingerprint density at radius 3 is 3.06 bits per heavy atom. The minimum absolute atomic E-state index is 0.101. The zero-order chi connectivity index (χ0) is 12.1. The van der Waals surface area contributed by atoms with Crippen LogP contribution in [-0.4, -0.2) is 16.5 Å². The van der Waals surface area contributed by atoms with Crippen molar-refractivity contribution in [3.8, 4) is 0 Å². The van der Waals surface area contributed by atoms with Crippen molar-refractivity contribution in [1.29, 1.82) is 0 Å². The first-order chi connectivity index (χ1) is 8.25. The number of aromatic nitrogens is 1. The summed E-state index contributed by atoms with van der Waals surface area (Å²) >= 11 is 1.61. The average Bonchev–Trinajstić information content (AvgIpc) is 2.82. The second-order valence-corrected chi connectivity index (χ2v) is 4.39. The lowest BCUT2D eigenvalue weighted by Gasteiger charge is -2.04. The van der Waals surface area contributed by atoms with E-state index in [0.29, 0.717) is 6.54 Å². The summed E-state index contributed by atoms with van der Waals surface area (Å²) in [6.07, 6.45) is 2.59. The maximum absolute atomic E-state index is 10.6. The highest BCUT2D eigenvalue weighted by Crippen LogP contribution is 2.17. The molecule has 0 radical (unpaired) electrons. The van der Waals surface area contributed by atoms with Gasteiger partial charge in [-0.15, -0.1) is 11.3 Å². The van der Waals surface area contributed by atoms with Gasteiger partial charge >= 0.3 is 0 Å². The van der Waals surface area contributed by atoms with Gasteiger partial charge in [0, 0.05) is 42.4 Å². The number of thiazole rings is 1. The lowest BCUT2D eigenvalue weighted by atomic mass is 10.3. The number of nitro benzene ring substituents is 1. The molecular formula is C11H11N3O2S. The number of non-ortho nitro benzene ring substituents is 1. The highest BCUT2D eigenvalue weighted by atomic mass is 32.1. The van der Waals surface area contributed by atoms with Crippen molar-refractivity contribution in [2.45, 2.75) is 6.42 Å². The van der Waals surface area contributed by atoms with Crippen molar-refractivity contribution in [3.63, 3.8) is 0 Å². The van der Waals surface area contributed by atoms with Crippen molar-refractivity contribution < 1.29 is 4.92 Å². The molecule has 0 saturated carbocycles. The molecule has 17 heavy (non-hydrogen) atoms. The fourth-order valence-electron chi connectivity index (χ4n) is 1.42. The maximum Gasteiger partial charge on any atom is 0.271 e. The molecule has 0 aliphatic carbocycles. The number of benzene rings is 1. The van der Waals surface area contributed by atoms with Crippen molar-refractivity contribution in [3.05, 3.63) is 51.0 Å². The number of hydrogen-bond acceptors (Lipinski definition) is 5. The normalized spacial score (nSPS) is 10.1. The van der Waals surface area contributed by atoms with E-state index in [-0.39, 0.29) is 5.69 Å². The van der Waals surface area contributed by atoms with Gasteiger partial charge in [-0.2, -0.15) is 0 Å². The molecule has 0 aliphatic rings. The SMILES string of the molecule is O=[N+]([O-])c1cccc(NCCc2nccs2)c1. The van der Waals surface area contributed by atoms with Crippen LogP contribution < -0.4 is 5.32 Å². The highest BCUT2D eigenvalue weighted by molar-refractivity contribution is 7.09. The van der Waals surface area contributed by atoms with Crippen LogP contribution in [0.1, 0.15) is 5.01 Å². The van der Waals surface area contributed by atoms with Crippen molar-refractivity contribution in [2.24, 2.45) is 0 Å². The molecule has 0 aliphatic heterocycles. The van der Waals surface area contributed by atoms with Crippen LogP contribution in [0.4, 0.5) is 11.4 Å². The molecule has 0 spiro atoms. The van der Waals surface area contributed by atoms with E-state index in [9.17, 15) is 10.1 Å². The van der Waals surface area contributed by atoms with Crippen LogP contribution in [0.5, 0.6) is 0 Å². The van der Waals surface area contributed by atoms with Gasteiger partial charge in [-0.05, 0) is 6.07 Å². The van der Waals surface area contributed by atoms with Crippen LogP contribution in [0, 0.1) is 10.1 Å². The van der Waals surface area contributed by atoms with E-state index in [1.54, 1.807) is 23.6 Å². The van der Waals surface area contributed by atoms with Gasteiger partial charge in [-0.3, -0.25) is 10.1 Å². The zero-order valence-electron chi connectivity index (χ0n) is 9.00. The van der Waals surface area contributed by atoms with Gasteiger partial charge in [0.2, 0.25) is 0 Å². The molecule has 1 heterocycles. The van der Waals surface area contributed by atoms with Crippen LogP contribution >= 0.6 is 11.3 Å². The summed E-state index contributed by atoms with van der Waals surface area (Å²) < 4.78 is 0. The summed E-state index contributed by atoms with van der Waals surface area (Å²) in [6.45, 7) is 0.717. The fraction of sp³-hybridized carbons (Fsp3) is 0.182. The molecule has 0 saturated heterocycles. The second kappa shape index (κ2) is 5.40. The molecule has 0 amide bonds. The first-order valence-corrected chi connectivity index (χ1v) is 6.00. The monoisotopic (exact) mass is 249 g/mol. The van der Waals surface area contributed by atoms with E-state index in [1.165, 1.54) is 12.1 Å². The smallest absolute Gasteiger partial charge is 0.271 e. The summed E-state index contributed by atoms with van der Waals surface area (Å²) in [5, 5.41) is 16.7. The second-order valence-electron chi connectivity index (χ2n) is 3.41. The van der Waals surface area contributed by atoms with Crippen LogP contribution in [-0.2, 0) is 6.42 Å². The number of nitrogens with zero attached hydrogens (tertiary/aromatic N) is 2. The van der Waals surface area contributed by atoms with Gasteiger partial charge in [0.05, 0.1) is 9.93 Å². The molecule has 1 aromatic heterocycles. The van der Waals surface area contributed by atoms with E-state index in [1.807, 2.05) is 11.4 Å². The topological polar surface area (TPSA) is 68.1 Å². The van der Waals surface area contributed by atoms with Gasteiger partial charge in [0.1, 0.15) is 0 Å². The van der Waals surface area contributed by atoms with Gasteiger partial charge in [0.15, 0.2) is 0 Å². The van der Waals surface area contributed by atoms with Crippen molar-refractivity contribution in [1.82, 2.24) is 4.98 Å². The first kappa shape index (κ1) is 11.5. The van der Waals surface area contributed by atoms with E-state index < -0.39 is 4.92 Å². The maximum atomic E-state index is 10.6. The first-order valence-electron chi connectivity index (χ1n) is 5.12. The Hall–Kier alpha value is -1.95. The Morgan fingerprint density at radius 1 is 1.47 bits per heavy atom. The minimum Gasteiger partial charge on any atom is -0.384 e. The minimum atomic E-state index is -0.397. The number of rotatable bonds is 5. The van der Waals surface area contributed by atoms with Gasteiger partial charge in [-0.25, -0.2) is 4.98 Å². The molecule has 2 rings (SSSR count). The predicted molar refractivity (Wildman–Crippen MR) is 67.4 cm³/mol. The molecule has 5 nitrogen and oxygen atoms in total. The summed E-state index contributed by atoms with van der Waals surface area (Å²) in [7, 11) is 0. The Morgan fingerprint density at radius 2 is 2.35 bits per heavy atom. The van der Waals surface area contributed by atoms with E-state index in [2.05, 4.69) is 10.3 Å². The molecule has 0 fully saturated rings. The van der Waals surface area contributed by atoms with Crippen LogP contribution in [0.2, 0.25) is 0 Å². The summed E-state index contributed by atoms with van der Waals surface area (Å²) in [5.41, 5.74) is 0.861. The third-order valence-electron chi connectivity index (χ3n) is 2.21. The molecular weight excluding hydrogens is 238 g/mol. The predicted octanol–water partition coefficient (Wildman–Crippen LogP) is 2.71. The largest absolute Gasteiger partial charge is 0.384 e. The number of nitrogens with one attached hydrogen (secondary N) is 1. The summed E-state index contributed by atoms with van der Waals surface area (Å²) in [4.78, 5) is 14.3. The number of hydrogen-bond donors (Lipinski definition) is 1. The summed E-state index contributed by atoms with van der Waals surface area (Å²) in [6, 6.07) is 6.49. The Balaban J connectivity index is 1.90. The summed E-state index contributed by atoms with van der Waals surface area (Å²) in [5.74, 6) is 0. The quantitative estimate of drug-likeness (QED) is 0.653. The van der Waals surface area contributed by atoms with Crippen LogP contribution in [0.15, 0.2) is 35.8 Å². The molecule has 88 valence electrons. The van der Waals surface area contributed by atoms with Gasteiger partial charge in [0.25, 0.3) is 5.69 Å². The molecule has 0 atom stereocenters. The molecule has 0 bridgehead atoms. The molecule has 6 heteroatoms. The standard InChI is InChI=1S/C11H11N3O2S/c15-14(16)10-3-1-2-9(8-10)12-5-4-11-13-6-7-17-11/h1-3,6-8,12H,4-5H2. The third-order valence-corrected chi connectivity index (χ3v) is 3.05. The number of anilines is 1. The van der Waals surface area contributed by atoms with Gasteiger partial charge in [-0.1, -0.05) is 6.07 Å². The van der Waals surface area contributed by atoms with E-state index in [0.717, 1.165) is 17.1 Å². The lowest BCUT2D eigenvalue weighted by Crippen LogP contribution is -2.04. The van der Waals surface area contributed by atoms with E-state index in [4.69, 9.17) is 0 Å². The Labute approximate surface area is 102 Å². The number of nitro groups is 1. The molecule has 2 aromatic rings. The fourth-order valence-corrected chi connectivity index (χ4v) is 2.04. The molecule has 1 aromatic carbocycles. The van der Waals surface area contributed by atoms with Crippen molar-refractivity contribution in [2.75, 3.05) is 11.9 Å². The van der Waals surface area contributed by atoms with Crippen LogP contribution in [0.3, 0.4) is 0 Å². The highest BCUT2D eigenvalue weighted by Gasteiger charge is 2.05.